The molecule has 2 aromatic rings. The molecule has 0 unspecified atom stereocenters. The largest absolute Gasteiger partial charge is 0.488 e. The number of nitrogens with zero attached hydrogens (tertiary/aromatic N) is 1. The van der Waals surface area contributed by atoms with Gasteiger partial charge in [-0.3, -0.25) is 14.5 Å². The van der Waals surface area contributed by atoms with E-state index in [9.17, 15) is 9.59 Å². The van der Waals surface area contributed by atoms with Gasteiger partial charge in [0.25, 0.3) is 11.1 Å². The third-order valence-electron chi connectivity index (χ3n) is 3.93. The van der Waals surface area contributed by atoms with Crippen molar-refractivity contribution in [1.82, 2.24) is 4.90 Å². The second-order valence-electron chi connectivity index (χ2n) is 5.93. The predicted octanol–water partition coefficient (Wildman–Crippen LogP) is 5.26. The number of imide groups is 1. The molecule has 1 heterocycles. The maximum Gasteiger partial charge on any atom is 0.293 e. The van der Waals surface area contributed by atoms with E-state index in [-0.39, 0.29) is 24.3 Å². The molecule has 1 fully saturated rings. The number of methoxy groups -OCH3 is 1. The third kappa shape index (κ3) is 5.08. The SMILES string of the molecule is COCCN1C(=O)S/C(=C/c2cc(Cl)ccc2OCc2cccc(Cl)c2)C1=O. The fourth-order valence-corrected chi connectivity index (χ4v) is 3.82. The maximum absolute atomic E-state index is 12.5. The third-order valence-corrected chi connectivity index (χ3v) is 5.31. The van der Waals surface area contributed by atoms with Gasteiger partial charge in [0, 0.05) is 22.7 Å². The smallest absolute Gasteiger partial charge is 0.293 e. The van der Waals surface area contributed by atoms with Crippen LogP contribution in [0.5, 0.6) is 5.75 Å². The van der Waals surface area contributed by atoms with Crippen molar-refractivity contribution in [3.05, 3.63) is 68.5 Å². The molecule has 0 aliphatic carbocycles. The number of benzene rings is 2. The van der Waals surface area contributed by atoms with Crippen molar-refractivity contribution in [3.8, 4) is 5.75 Å². The number of ether oxygens (including phenoxy) is 2. The first-order valence-corrected chi connectivity index (χ1v) is 9.96. The Morgan fingerprint density at radius 2 is 1.89 bits per heavy atom. The van der Waals surface area contributed by atoms with Crippen LogP contribution in [0.15, 0.2) is 47.4 Å². The minimum Gasteiger partial charge on any atom is -0.488 e. The molecular weight excluding hydrogens is 421 g/mol. The van der Waals surface area contributed by atoms with Gasteiger partial charge >= 0.3 is 0 Å². The van der Waals surface area contributed by atoms with Crippen molar-refractivity contribution in [3.63, 3.8) is 0 Å². The van der Waals surface area contributed by atoms with Crippen molar-refractivity contribution in [2.24, 2.45) is 0 Å². The number of carbonyl (C=O) groups excluding carboxylic acids is 2. The summed E-state index contributed by atoms with van der Waals surface area (Å²) in [5.74, 6) is 0.195. The Hall–Kier alpha value is -1.99. The van der Waals surface area contributed by atoms with Gasteiger partial charge in [0.1, 0.15) is 12.4 Å². The first-order chi connectivity index (χ1) is 13.5. The van der Waals surface area contributed by atoms with E-state index < -0.39 is 0 Å². The lowest BCUT2D eigenvalue weighted by Crippen LogP contribution is -2.31. The molecule has 3 rings (SSSR count). The summed E-state index contributed by atoms with van der Waals surface area (Å²) in [6.07, 6.45) is 1.62. The number of halogens is 2. The van der Waals surface area contributed by atoms with E-state index in [4.69, 9.17) is 32.7 Å². The highest BCUT2D eigenvalue weighted by molar-refractivity contribution is 8.18. The van der Waals surface area contributed by atoms with E-state index in [0.29, 0.717) is 32.9 Å². The van der Waals surface area contributed by atoms with E-state index in [0.717, 1.165) is 22.2 Å². The molecule has 1 saturated heterocycles. The molecule has 0 aromatic heterocycles. The Morgan fingerprint density at radius 1 is 1.11 bits per heavy atom. The van der Waals surface area contributed by atoms with E-state index in [1.54, 1.807) is 30.3 Å². The zero-order chi connectivity index (χ0) is 20.1. The minimum absolute atomic E-state index is 0.214. The maximum atomic E-state index is 12.5. The molecule has 1 aliphatic heterocycles. The van der Waals surface area contributed by atoms with Crippen LogP contribution in [0.2, 0.25) is 10.0 Å². The summed E-state index contributed by atoms with van der Waals surface area (Å²) < 4.78 is 10.8. The number of amides is 2. The summed E-state index contributed by atoms with van der Waals surface area (Å²) in [5.41, 5.74) is 1.53. The van der Waals surface area contributed by atoms with E-state index in [1.165, 1.54) is 7.11 Å². The first-order valence-electron chi connectivity index (χ1n) is 8.39. The van der Waals surface area contributed by atoms with Crippen LogP contribution in [0.1, 0.15) is 11.1 Å². The van der Waals surface area contributed by atoms with Gasteiger partial charge in [-0.2, -0.15) is 0 Å². The van der Waals surface area contributed by atoms with Gasteiger partial charge in [-0.05, 0) is 53.7 Å². The molecule has 146 valence electrons. The lowest BCUT2D eigenvalue weighted by atomic mass is 10.1. The molecule has 0 N–H and O–H groups in total. The Morgan fingerprint density at radius 3 is 2.64 bits per heavy atom. The fraction of sp³-hybridized carbons (Fsp3) is 0.200. The molecule has 0 bridgehead atoms. The highest BCUT2D eigenvalue weighted by Gasteiger charge is 2.34. The van der Waals surface area contributed by atoms with Gasteiger partial charge in [-0.25, -0.2) is 0 Å². The summed E-state index contributed by atoms with van der Waals surface area (Å²) in [5, 5.41) is 0.804. The van der Waals surface area contributed by atoms with Crippen LogP contribution >= 0.6 is 35.0 Å². The molecule has 0 atom stereocenters. The summed E-state index contributed by atoms with van der Waals surface area (Å²) >= 11 is 13.0. The van der Waals surface area contributed by atoms with Gasteiger partial charge in [-0.1, -0.05) is 35.3 Å². The van der Waals surface area contributed by atoms with Crippen molar-refractivity contribution >= 4 is 52.2 Å². The van der Waals surface area contributed by atoms with Crippen LogP contribution in [0.3, 0.4) is 0 Å². The average molecular weight is 438 g/mol. The average Bonchev–Trinajstić information content (AvgIpc) is 2.92. The molecule has 1 aliphatic rings. The Kier molecular flexibility index (Phi) is 7.02. The second kappa shape index (κ2) is 9.47. The zero-order valence-electron chi connectivity index (χ0n) is 15.0. The molecule has 0 spiro atoms. The lowest BCUT2D eigenvalue weighted by molar-refractivity contribution is -0.123. The van der Waals surface area contributed by atoms with Crippen LogP contribution in [0.25, 0.3) is 6.08 Å². The Balaban J connectivity index is 1.81. The molecule has 28 heavy (non-hydrogen) atoms. The highest BCUT2D eigenvalue weighted by atomic mass is 35.5. The van der Waals surface area contributed by atoms with Crippen LogP contribution in [0.4, 0.5) is 4.79 Å². The van der Waals surface area contributed by atoms with E-state index in [2.05, 4.69) is 0 Å². The van der Waals surface area contributed by atoms with Crippen LogP contribution in [-0.2, 0) is 16.1 Å². The van der Waals surface area contributed by atoms with E-state index >= 15 is 0 Å². The fourth-order valence-electron chi connectivity index (χ4n) is 2.57. The van der Waals surface area contributed by atoms with Crippen molar-refractivity contribution < 1.29 is 19.1 Å². The normalized spacial score (nSPS) is 15.5. The van der Waals surface area contributed by atoms with Gasteiger partial charge in [-0.15, -0.1) is 0 Å². The number of carbonyl (C=O) groups is 2. The first kappa shape index (κ1) is 20.7. The second-order valence-corrected chi connectivity index (χ2v) is 7.79. The molecule has 8 heteroatoms. The van der Waals surface area contributed by atoms with Crippen LogP contribution < -0.4 is 4.74 Å². The van der Waals surface area contributed by atoms with Crippen molar-refractivity contribution in [2.75, 3.05) is 20.3 Å². The molecule has 2 amide bonds. The molecule has 2 aromatic carbocycles. The monoisotopic (exact) mass is 437 g/mol. The van der Waals surface area contributed by atoms with Crippen LogP contribution in [0, 0.1) is 0 Å². The standard InChI is InChI=1S/C20H17Cl2NO4S/c1-26-8-7-23-19(24)18(28-20(23)25)11-14-10-16(22)5-6-17(14)27-12-13-3-2-4-15(21)9-13/h2-6,9-11H,7-8,12H2,1H3/b18-11+. The number of thioether (sulfide) groups is 1. The lowest BCUT2D eigenvalue weighted by Gasteiger charge is -2.12. The molecule has 5 nitrogen and oxygen atoms in total. The Bertz CT molecular complexity index is 932. The van der Waals surface area contributed by atoms with Crippen LogP contribution in [-0.4, -0.2) is 36.3 Å². The summed E-state index contributed by atoms with van der Waals surface area (Å²) in [7, 11) is 1.52. The molecule has 0 saturated carbocycles. The summed E-state index contributed by atoms with van der Waals surface area (Å²) in [6.45, 7) is 0.807. The zero-order valence-corrected chi connectivity index (χ0v) is 17.3. The van der Waals surface area contributed by atoms with Crippen molar-refractivity contribution in [1.29, 1.82) is 0 Å². The number of hydrogen-bond donors (Lipinski definition) is 0. The van der Waals surface area contributed by atoms with Gasteiger partial charge in [0.15, 0.2) is 0 Å². The quantitative estimate of drug-likeness (QED) is 0.553. The predicted molar refractivity (Wildman–Crippen MR) is 112 cm³/mol. The van der Waals surface area contributed by atoms with Gasteiger partial charge in [0.05, 0.1) is 18.1 Å². The van der Waals surface area contributed by atoms with Gasteiger partial charge < -0.3 is 9.47 Å². The highest BCUT2D eigenvalue weighted by Crippen LogP contribution is 2.35. The van der Waals surface area contributed by atoms with Crippen molar-refractivity contribution in [2.45, 2.75) is 6.61 Å². The minimum atomic E-state index is -0.354. The summed E-state index contributed by atoms with van der Waals surface area (Å²) in [6, 6.07) is 12.5. The van der Waals surface area contributed by atoms with E-state index in [1.807, 2.05) is 18.2 Å². The number of hydrogen-bond acceptors (Lipinski definition) is 5. The summed E-state index contributed by atoms with van der Waals surface area (Å²) in [4.78, 5) is 26.1. The number of rotatable bonds is 7. The topological polar surface area (TPSA) is 55.8 Å². The molecule has 0 radical (unpaired) electrons. The molecular formula is C20H17Cl2NO4S. The Labute approximate surface area is 177 Å². The van der Waals surface area contributed by atoms with Gasteiger partial charge in [0.2, 0.25) is 0 Å².